The van der Waals surface area contributed by atoms with Crippen LogP contribution in [0.3, 0.4) is 0 Å². The van der Waals surface area contributed by atoms with Gasteiger partial charge in [-0.1, -0.05) is 38.1 Å². The van der Waals surface area contributed by atoms with Crippen molar-refractivity contribution in [1.29, 1.82) is 5.26 Å². The Bertz CT molecular complexity index is 695. The molecule has 1 amide bonds. The Labute approximate surface area is 148 Å². The maximum atomic E-state index is 12.0. The third kappa shape index (κ3) is 5.75. The second kappa shape index (κ2) is 8.48. The van der Waals surface area contributed by atoms with Crippen LogP contribution in [0.15, 0.2) is 29.8 Å². The van der Waals surface area contributed by atoms with Gasteiger partial charge in [0.25, 0.3) is 5.91 Å². The SMILES string of the molecule is CC(C)c1ccc(/C=C(\C#N)C(=O)OCC(=O)N[C@H](C)C2CC2)cc1. The molecule has 0 aliphatic heterocycles. The largest absolute Gasteiger partial charge is 0.451 e. The van der Waals surface area contributed by atoms with E-state index < -0.39 is 5.97 Å². The lowest BCUT2D eigenvalue weighted by atomic mass is 10.0. The molecule has 5 nitrogen and oxygen atoms in total. The van der Waals surface area contributed by atoms with E-state index in [1.165, 1.54) is 11.6 Å². The summed E-state index contributed by atoms with van der Waals surface area (Å²) in [5, 5.41) is 12.0. The number of hydrogen-bond acceptors (Lipinski definition) is 4. The molecule has 0 spiro atoms. The van der Waals surface area contributed by atoms with E-state index in [1.807, 2.05) is 37.3 Å². The molecule has 0 bridgehead atoms. The van der Waals surface area contributed by atoms with Gasteiger partial charge in [-0.25, -0.2) is 4.79 Å². The molecule has 1 saturated carbocycles. The Morgan fingerprint density at radius 3 is 2.44 bits per heavy atom. The molecule has 0 heterocycles. The second-order valence-electron chi connectivity index (χ2n) is 6.76. The summed E-state index contributed by atoms with van der Waals surface area (Å²) in [6.45, 7) is 5.76. The third-order valence-corrected chi connectivity index (χ3v) is 4.31. The highest BCUT2D eigenvalue weighted by atomic mass is 16.5. The fourth-order valence-electron chi connectivity index (χ4n) is 2.50. The molecule has 1 N–H and O–H groups in total. The van der Waals surface area contributed by atoms with Crippen LogP contribution in [-0.2, 0) is 14.3 Å². The number of nitrogens with zero attached hydrogens (tertiary/aromatic N) is 1. The molecule has 1 atom stereocenters. The summed E-state index contributed by atoms with van der Waals surface area (Å²) >= 11 is 0. The van der Waals surface area contributed by atoms with Crippen molar-refractivity contribution in [2.45, 2.75) is 45.6 Å². The first-order valence-electron chi connectivity index (χ1n) is 8.59. The van der Waals surface area contributed by atoms with Crippen LogP contribution in [0.5, 0.6) is 0 Å². The number of carbonyl (C=O) groups excluding carboxylic acids is 2. The zero-order valence-corrected chi connectivity index (χ0v) is 14.9. The number of amides is 1. The summed E-state index contributed by atoms with van der Waals surface area (Å²) in [5.74, 6) is -0.186. The number of rotatable bonds is 7. The molecule has 0 unspecified atom stereocenters. The normalized spacial score (nSPS) is 15.4. The van der Waals surface area contributed by atoms with Crippen molar-refractivity contribution in [3.63, 3.8) is 0 Å². The van der Waals surface area contributed by atoms with E-state index in [9.17, 15) is 14.9 Å². The van der Waals surface area contributed by atoms with Crippen LogP contribution in [0, 0.1) is 17.2 Å². The zero-order chi connectivity index (χ0) is 18.4. The molecular formula is C20H24N2O3. The molecule has 5 heteroatoms. The molecule has 1 aromatic carbocycles. The summed E-state index contributed by atoms with van der Waals surface area (Å²) in [6, 6.07) is 9.56. The van der Waals surface area contributed by atoms with Crippen LogP contribution < -0.4 is 5.32 Å². The van der Waals surface area contributed by atoms with Gasteiger partial charge in [0.15, 0.2) is 6.61 Å². The van der Waals surface area contributed by atoms with Crippen LogP contribution >= 0.6 is 0 Å². The van der Waals surface area contributed by atoms with Crippen LogP contribution in [0.2, 0.25) is 0 Å². The summed E-state index contributed by atoms with van der Waals surface area (Å²) in [5.41, 5.74) is 1.80. The van der Waals surface area contributed by atoms with Crippen molar-refractivity contribution < 1.29 is 14.3 Å². The van der Waals surface area contributed by atoms with E-state index in [-0.39, 0.29) is 24.1 Å². The van der Waals surface area contributed by atoms with Crippen molar-refractivity contribution in [2.24, 2.45) is 5.92 Å². The number of benzene rings is 1. The number of esters is 1. The van der Waals surface area contributed by atoms with E-state index in [4.69, 9.17) is 4.74 Å². The Balaban J connectivity index is 1.91. The Morgan fingerprint density at radius 1 is 1.28 bits per heavy atom. The summed E-state index contributed by atoms with van der Waals surface area (Å²) in [7, 11) is 0. The molecule has 0 radical (unpaired) electrons. The predicted octanol–water partition coefficient (Wildman–Crippen LogP) is 3.17. The van der Waals surface area contributed by atoms with Crippen molar-refractivity contribution in [2.75, 3.05) is 6.61 Å². The molecule has 1 aromatic rings. The van der Waals surface area contributed by atoms with Gasteiger partial charge in [-0.3, -0.25) is 4.79 Å². The third-order valence-electron chi connectivity index (χ3n) is 4.31. The number of nitrogens with one attached hydrogen (secondary N) is 1. The van der Waals surface area contributed by atoms with Gasteiger partial charge in [-0.15, -0.1) is 0 Å². The van der Waals surface area contributed by atoms with Gasteiger partial charge in [0.2, 0.25) is 0 Å². The lowest BCUT2D eigenvalue weighted by molar-refractivity contribution is -0.144. The highest BCUT2D eigenvalue weighted by Crippen LogP contribution is 2.32. The lowest BCUT2D eigenvalue weighted by Crippen LogP contribution is -2.37. The standard InChI is InChI=1S/C20H24N2O3/c1-13(2)16-6-4-15(5-7-16)10-18(11-21)20(24)25-12-19(23)22-14(3)17-8-9-17/h4-7,10,13-14,17H,8-9,12H2,1-3H3,(H,22,23)/b18-10+/t14-/m1/s1. The molecule has 1 fully saturated rings. The van der Waals surface area contributed by atoms with Crippen molar-refractivity contribution in [1.82, 2.24) is 5.32 Å². The summed E-state index contributed by atoms with van der Waals surface area (Å²) in [4.78, 5) is 23.8. The van der Waals surface area contributed by atoms with Gasteiger partial charge in [0.05, 0.1) is 0 Å². The van der Waals surface area contributed by atoms with Crippen LogP contribution in [0.1, 0.15) is 50.7 Å². The molecule has 132 valence electrons. The molecule has 1 aliphatic carbocycles. The van der Waals surface area contributed by atoms with E-state index >= 15 is 0 Å². The van der Waals surface area contributed by atoms with Gasteiger partial charge in [0.1, 0.15) is 11.6 Å². The van der Waals surface area contributed by atoms with Crippen LogP contribution in [0.4, 0.5) is 0 Å². The van der Waals surface area contributed by atoms with Crippen molar-refractivity contribution >= 4 is 18.0 Å². The summed E-state index contributed by atoms with van der Waals surface area (Å²) in [6.07, 6.45) is 3.72. The molecule has 0 aromatic heterocycles. The quantitative estimate of drug-likeness (QED) is 0.470. The highest BCUT2D eigenvalue weighted by Gasteiger charge is 2.29. The minimum atomic E-state index is -0.787. The second-order valence-corrected chi connectivity index (χ2v) is 6.76. The molecule has 2 rings (SSSR count). The van der Waals surface area contributed by atoms with Gasteiger partial charge >= 0.3 is 5.97 Å². The van der Waals surface area contributed by atoms with Gasteiger partial charge in [-0.2, -0.15) is 5.26 Å². The number of nitriles is 1. The van der Waals surface area contributed by atoms with Crippen molar-refractivity contribution in [3.8, 4) is 6.07 Å². The molecule has 25 heavy (non-hydrogen) atoms. The topological polar surface area (TPSA) is 79.2 Å². The molecule has 1 aliphatic rings. The number of ether oxygens (including phenoxy) is 1. The first-order chi connectivity index (χ1) is 11.9. The minimum Gasteiger partial charge on any atom is -0.451 e. The first kappa shape index (κ1) is 18.7. The summed E-state index contributed by atoms with van der Waals surface area (Å²) < 4.78 is 4.95. The predicted molar refractivity (Wildman–Crippen MR) is 95.4 cm³/mol. The minimum absolute atomic E-state index is 0.0941. The van der Waals surface area contributed by atoms with E-state index in [0.29, 0.717) is 11.8 Å². The van der Waals surface area contributed by atoms with E-state index in [2.05, 4.69) is 19.2 Å². The maximum absolute atomic E-state index is 12.0. The van der Waals surface area contributed by atoms with E-state index in [0.717, 1.165) is 18.4 Å². The number of hydrogen-bond donors (Lipinski definition) is 1. The Hall–Kier alpha value is -2.61. The molecular weight excluding hydrogens is 316 g/mol. The van der Waals surface area contributed by atoms with Gasteiger partial charge in [0, 0.05) is 6.04 Å². The highest BCUT2D eigenvalue weighted by molar-refractivity contribution is 5.98. The Morgan fingerprint density at radius 2 is 1.92 bits per heavy atom. The van der Waals surface area contributed by atoms with Crippen LogP contribution in [-0.4, -0.2) is 24.5 Å². The lowest BCUT2D eigenvalue weighted by Gasteiger charge is -2.12. The van der Waals surface area contributed by atoms with E-state index in [1.54, 1.807) is 0 Å². The maximum Gasteiger partial charge on any atom is 0.349 e. The smallest absolute Gasteiger partial charge is 0.349 e. The Kier molecular flexibility index (Phi) is 6.35. The monoisotopic (exact) mass is 340 g/mol. The zero-order valence-electron chi connectivity index (χ0n) is 14.9. The van der Waals surface area contributed by atoms with Crippen molar-refractivity contribution in [3.05, 3.63) is 41.0 Å². The molecule has 0 saturated heterocycles. The first-order valence-corrected chi connectivity index (χ1v) is 8.59. The fourth-order valence-corrected chi connectivity index (χ4v) is 2.50. The average Bonchev–Trinajstić information content (AvgIpc) is 3.43. The average molecular weight is 340 g/mol. The van der Waals surface area contributed by atoms with Gasteiger partial charge in [-0.05, 0) is 48.8 Å². The number of carbonyl (C=O) groups is 2. The fraction of sp³-hybridized carbons (Fsp3) is 0.450. The van der Waals surface area contributed by atoms with Gasteiger partial charge < -0.3 is 10.1 Å². The van der Waals surface area contributed by atoms with Crippen LogP contribution in [0.25, 0.3) is 6.08 Å².